The molecule has 0 spiro atoms. The van der Waals surface area contributed by atoms with Gasteiger partial charge in [-0.1, -0.05) is 0 Å². The van der Waals surface area contributed by atoms with Gasteiger partial charge < -0.3 is 10.1 Å². The molecular formula is C9H14F2NO2. The van der Waals surface area contributed by atoms with Gasteiger partial charge in [-0.3, -0.25) is 0 Å². The number of carbonyl (C=O) groups is 1. The predicted octanol–water partition coefficient (Wildman–Crippen LogP) is 2.47. The molecule has 0 aromatic heterocycles. The molecule has 1 rings (SSSR count). The third-order valence-electron chi connectivity index (χ3n) is 1.62. The maximum Gasteiger partial charge on any atom is 0.408 e. The number of amides is 1. The summed E-state index contributed by atoms with van der Waals surface area (Å²) in [5.74, 6) is -2.65. The molecule has 1 N–H and O–H groups in total. The highest BCUT2D eigenvalue weighted by atomic mass is 19.3. The first-order chi connectivity index (χ1) is 6.18. The molecule has 14 heavy (non-hydrogen) atoms. The summed E-state index contributed by atoms with van der Waals surface area (Å²) in [6.45, 7) is 5.14. The van der Waals surface area contributed by atoms with Crippen LogP contribution in [0.1, 0.15) is 33.6 Å². The summed E-state index contributed by atoms with van der Waals surface area (Å²) < 4.78 is 29.6. The lowest BCUT2D eigenvalue weighted by molar-refractivity contribution is -0.0620. The summed E-state index contributed by atoms with van der Waals surface area (Å²) >= 11 is 0. The highest BCUT2D eigenvalue weighted by Crippen LogP contribution is 2.42. The Labute approximate surface area is 81.8 Å². The highest BCUT2D eigenvalue weighted by molar-refractivity contribution is 5.69. The Balaban J connectivity index is 2.24. The van der Waals surface area contributed by atoms with Crippen molar-refractivity contribution in [1.29, 1.82) is 0 Å². The van der Waals surface area contributed by atoms with Crippen molar-refractivity contribution in [2.75, 3.05) is 0 Å². The Kier molecular flexibility index (Phi) is 2.69. The first-order valence-electron chi connectivity index (χ1n) is 4.40. The summed E-state index contributed by atoms with van der Waals surface area (Å²) in [7, 11) is 0. The Morgan fingerprint density at radius 1 is 1.43 bits per heavy atom. The van der Waals surface area contributed by atoms with Gasteiger partial charge in [0.2, 0.25) is 0 Å². The smallest absolute Gasteiger partial charge is 0.408 e. The zero-order chi connectivity index (χ0) is 11.0. The number of nitrogens with one attached hydrogen (secondary N) is 1. The zero-order valence-corrected chi connectivity index (χ0v) is 8.49. The molecule has 0 bridgehead atoms. The van der Waals surface area contributed by atoms with Gasteiger partial charge in [0.1, 0.15) is 5.60 Å². The summed E-state index contributed by atoms with van der Waals surface area (Å²) in [6, 6.07) is 0.337. The molecule has 0 aromatic carbocycles. The van der Waals surface area contributed by atoms with Crippen LogP contribution >= 0.6 is 0 Å². The molecular weight excluding hydrogens is 192 g/mol. The largest absolute Gasteiger partial charge is 0.444 e. The maximum atomic E-state index is 12.4. The molecule has 0 saturated heterocycles. The summed E-state index contributed by atoms with van der Waals surface area (Å²) in [5.41, 5.74) is -0.600. The number of ether oxygens (including phenoxy) is 1. The van der Waals surface area contributed by atoms with Crippen LogP contribution in [0.4, 0.5) is 13.6 Å². The van der Waals surface area contributed by atoms with Crippen LogP contribution in [0, 0.1) is 6.04 Å². The van der Waals surface area contributed by atoms with Crippen molar-refractivity contribution in [2.45, 2.75) is 45.1 Å². The first-order valence-corrected chi connectivity index (χ1v) is 4.40. The van der Waals surface area contributed by atoms with Crippen molar-refractivity contribution in [1.82, 2.24) is 5.32 Å². The number of hydrogen-bond donors (Lipinski definition) is 1. The van der Waals surface area contributed by atoms with Crippen molar-refractivity contribution in [3.8, 4) is 0 Å². The third-order valence-corrected chi connectivity index (χ3v) is 1.62. The number of hydrogen-bond acceptors (Lipinski definition) is 2. The summed E-state index contributed by atoms with van der Waals surface area (Å²) in [4.78, 5) is 11.1. The minimum absolute atomic E-state index is 0.337. The van der Waals surface area contributed by atoms with Crippen molar-refractivity contribution in [3.63, 3.8) is 0 Å². The van der Waals surface area contributed by atoms with Gasteiger partial charge in [-0.25, -0.2) is 13.6 Å². The van der Waals surface area contributed by atoms with E-state index in [0.717, 1.165) is 0 Å². The minimum Gasteiger partial charge on any atom is -0.444 e. The number of alkyl carbamates (subject to hydrolysis) is 1. The highest BCUT2D eigenvalue weighted by Gasteiger charge is 2.47. The van der Waals surface area contributed by atoms with E-state index >= 15 is 0 Å². The van der Waals surface area contributed by atoms with E-state index in [0.29, 0.717) is 6.04 Å². The van der Waals surface area contributed by atoms with E-state index in [2.05, 4.69) is 5.32 Å². The molecule has 1 saturated carbocycles. The molecule has 0 atom stereocenters. The second kappa shape index (κ2) is 3.37. The molecule has 81 valence electrons. The number of alkyl halides is 2. The molecule has 1 aliphatic rings. The maximum absolute atomic E-state index is 12.4. The van der Waals surface area contributed by atoms with Crippen LogP contribution in [-0.4, -0.2) is 17.6 Å². The molecule has 0 unspecified atom stereocenters. The Bertz CT molecular complexity index is 227. The van der Waals surface area contributed by atoms with E-state index in [9.17, 15) is 13.6 Å². The number of carbonyl (C=O) groups excluding carboxylic acids is 1. The number of halogens is 2. The van der Waals surface area contributed by atoms with Gasteiger partial charge in [0.25, 0.3) is 5.92 Å². The van der Waals surface area contributed by atoms with Crippen molar-refractivity contribution >= 4 is 6.09 Å². The fourth-order valence-electron chi connectivity index (χ4n) is 1.11. The second-order valence-electron chi connectivity index (χ2n) is 4.44. The molecule has 0 heterocycles. The fraction of sp³-hybridized carbons (Fsp3) is 0.778. The van der Waals surface area contributed by atoms with Crippen LogP contribution in [-0.2, 0) is 4.74 Å². The molecule has 1 amide bonds. The normalized spacial score (nSPS) is 21.2. The van der Waals surface area contributed by atoms with E-state index in [1.54, 1.807) is 20.8 Å². The van der Waals surface area contributed by atoms with Crippen LogP contribution in [0.5, 0.6) is 0 Å². The van der Waals surface area contributed by atoms with Gasteiger partial charge in [-0.2, -0.15) is 0 Å². The SMILES string of the molecule is CC(C)(C)OC(=O)N[C]1CC(F)(F)C1. The second-order valence-corrected chi connectivity index (χ2v) is 4.44. The van der Waals surface area contributed by atoms with E-state index in [-0.39, 0.29) is 12.8 Å². The topological polar surface area (TPSA) is 38.3 Å². The molecule has 1 aliphatic carbocycles. The molecule has 0 aliphatic heterocycles. The lowest BCUT2D eigenvalue weighted by Crippen LogP contribution is -2.45. The van der Waals surface area contributed by atoms with Crippen molar-refractivity contribution in [2.24, 2.45) is 0 Å². The predicted molar refractivity (Wildman–Crippen MR) is 46.8 cm³/mol. The lowest BCUT2D eigenvalue weighted by Gasteiger charge is -2.34. The van der Waals surface area contributed by atoms with Crippen LogP contribution in [0.15, 0.2) is 0 Å². The van der Waals surface area contributed by atoms with Gasteiger partial charge in [0.15, 0.2) is 0 Å². The van der Waals surface area contributed by atoms with Gasteiger partial charge in [-0.15, -0.1) is 0 Å². The zero-order valence-electron chi connectivity index (χ0n) is 8.49. The van der Waals surface area contributed by atoms with E-state index in [4.69, 9.17) is 4.74 Å². The standard InChI is InChI=1S/C9H14F2NO2/c1-8(2,3)14-7(13)12-6-4-9(10,11)5-6/h4-5H2,1-3H3,(H,12,13). The minimum atomic E-state index is -2.65. The molecule has 5 heteroatoms. The van der Waals surface area contributed by atoms with Crippen molar-refractivity contribution < 1.29 is 18.3 Å². The average molecular weight is 206 g/mol. The van der Waals surface area contributed by atoms with Gasteiger partial charge in [0.05, 0.1) is 6.04 Å². The van der Waals surface area contributed by atoms with Crippen LogP contribution < -0.4 is 5.32 Å². The third kappa shape index (κ3) is 3.47. The van der Waals surface area contributed by atoms with Gasteiger partial charge in [0, 0.05) is 12.8 Å². The van der Waals surface area contributed by atoms with Crippen LogP contribution in [0.3, 0.4) is 0 Å². The van der Waals surface area contributed by atoms with E-state index in [1.807, 2.05) is 0 Å². The summed E-state index contributed by atoms with van der Waals surface area (Å²) in [5, 5.41) is 2.30. The molecule has 3 nitrogen and oxygen atoms in total. The molecule has 1 fully saturated rings. The van der Waals surface area contributed by atoms with Crippen LogP contribution in [0.2, 0.25) is 0 Å². The first kappa shape index (κ1) is 11.2. The lowest BCUT2D eigenvalue weighted by atomic mass is 9.88. The monoisotopic (exact) mass is 206 g/mol. The average Bonchev–Trinajstić information content (AvgIpc) is 1.76. The Morgan fingerprint density at radius 2 is 1.93 bits per heavy atom. The van der Waals surface area contributed by atoms with Gasteiger partial charge >= 0.3 is 6.09 Å². The fourth-order valence-corrected chi connectivity index (χ4v) is 1.11. The quantitative estimate of drug-likeness (QED) is 0.715. The van der Waals surface area contributed by atoms with Crippen LogP contribution in [0.25, 0.3) is 0 Å². The Morgan fingerprint density at radius 3 is 2.29 bits per heavy atom. The van der Waals surface area contributed by atoms with Crippen molar-refractivity contribution in [3.05, 3.63) is 6.04 Å². The molecule has 0 aromatic rings. The number of rotatable bonds is 1. The molecule has 1 radical (unpaired) electrons. The van der Waals surface area contributed by atoms with Gasteiger partial charge in [-0.05, 0) is 20.8 Å². The van der Waals surface area contributed by atoms with E-state index in [1.165, 1.54) is 0 Å². The Hall–Kier alpha value is -0.870. The van der Waals surface area contributed by atoms with E-state index < -0.39 is 17.6 Å². The summed E-state index contributed by atoms with van der Waals surface area (Å²) in [6.07, 6.45) is -1.40.